The maximum Gasteiger partial charge on any atom is 0.360 e. The molecular formula is C12H20N2O3S. The van der Waals surface area contributed by atoms with E-state index in [1.54, 1.807) is 12.4 Å². The minimum Gasteiger partial charge on any atom is -0.461 e. The van der Waals surface area contributed by atoms with Crippen LogP contribution in [0.15, 0.2) is 5.51 Å². The largest absolute Gasteiger partial charge is 0.461 e. The van der Waals surface area contributed by atoms with Crippen molar-refractivity contribution in [3.05, 3.63) is 11.2 Å². The standard InChI is InChI=1S/C12H20N2O3S/c1-4-17-12(15)10-11(18-8-14-10)13-5-6-16-7-9(2)3/h8-9,13H,4-7H2,1-3H3. The number of ether oxygens (including phenoxy) is 2. The molecule has 0 aliphatic carbocycles. The zero-order chi connectivity index (χ0) is 13.4. The number of esters is 1. The summed E-state index contributed by atoms with van der Waals surface area (Å²) in [5, 5.41) is 3.87. The van der Waals surface area contributed by atoms with Crippen molar-refractivity contribution in [1.82, 2.24) is 4.98 Å². The van der Waals surface area contributed by atoms with Crippen LogP contribution >= 0.6 is 11.3 Å². The second-order valence-corrected chi connectivity index (χ2v) is 5.00. The summed E-state index contributed by atoms with van der Waals surface area (Å²) in [4.78, 5) is 15.6. The molecule has 1 N–H and O–H groups in total. The maximum absolute atomic E-state index is 11.6. The Hall–Kier alpha value is -1.14. The second-order valence-electron chi connectivity index (χ2n) is 4.15. The molecule has 0 fully saturated rings. The Kier molecular flexibility index (Phi) is 6.67. The van der Waals surface area contributed by atoms with Crippen molar-refractivity contribution in [2.24, 2.45) is 5.92 Å². The van der Waals surface area contributed by atoms with Gasteiger partial charge in [0.1, 0.15) is 5.00 Å². The number of hydrogen-bond acceptors (Lipinski definition) is 6. The predicted octanol–water partition coefficient (Wildman–Crippen LogP) is 2.40. The van der Waals surface area contributed by atoms with Crippen molar-refractivity contribution in [3.63, 3.8) is 0 Å². The fraction of sp³-hybridized carbons (Fsp3) is 0.667. The average Bonchev–Trinajstić information content (AvgIpc) is 2.77. The Morgan fingerprint density at radius 3 is 3.00 bits per heavy atom. The molecule has 5 nitrogen and oxygen atoms in total. The SMILES string of the molecule is CCOC(=O)c1ncsc1NCCOCC(C)C. The van der Waals surface area contributed by atoms with Crippen LogP contribution in [0.1, 0.15) is 31.3 Å². The molecule has 0 saturated heterocycles. The van der Waals surface area contributed by atoms with Crippen molar-refractivity contribution in [2.75, 3.05) is 31.7 Å². The molecule has 0 aromatic carbocycles. The van der Waals surface area contributed by atoms with Gasteiger partial charge < -0.3 is 14.8 Å². The Labute approximate surface area is 112 Å². The molecule has 0 spiro atoms. The Balaban J connectivity index is 2.34. The first kappa shape index (κ1) is 14.9. The molecule has 0 atom stereocenters. The molecular weight excluding hydrogens is 252 g/mol. The van der Waals surface area contributed by atoms with Crippen molar-refractivity contribution in [1.29, 1.82) is 0 Å². The lowest BCUT2D eigenvalue weighted by Gasteiger charge is -2.08. The van der Waals surface area contributed by atoms with E-state index in [9.17, 15) is 4.79 Å². The molecule has 6 heteroatoms. The van der Waals surface area contributed by atoms with Gasteiger partial charge in [0.15, 0.2) is 5.69 Å². The number of hydrogen-bond donors (Lipinski definition) is 1. The van der Waals surface area contributed by atoms with Crippen molar-refractivity contribution in [2.45, 2.75) is 20.8 Å². The van der Waals surface area contributed by atoms with E-state index in [1.165, 1.54) is 11.3 Å². The van der Waals surface area contributed by atoms with E-state index in [1.807, 2.05) is 0 Å². The number of carbonyl (C=O) groups is 1. The molecule has 0 aliphatic heterocycles. The van der Waals surface area contributed by atoms with Crippen molar-refractivity contribution in [3.8, 4) is 0 Å². The molecule has 18 heavy (non-hydrogen) atoms. The molecule has 0 unspecified atom stereocenters. The minimum atomic E-state index is -0.385. The number of carbonyl (C=O) groups excluding carboxylic acids is 1. The lowest BCUT2D eigenvalue weighted by molar-refractivity contribution is 0.0521. The minimum absolute atomic E-state index is 0.353. The fourth-order valence-electron chi connectivity index (χ4n) is 1.27. The summed E-state index contributed by atoms with van der Waals surface area (Å²) in [6.45, 7) is 8.35. The van der Waals surface area contributed by atoms with Gasteiger partial charge in [-0.1, -0.05) is 13.8 Å². The maximum atomic E-state index is 11.6. The summed E-state index contributed by atoms with van der Waals surface area (Å²) >= 11 is 1.39. The quantitative estimate of drug-likeness (QED) is 0.581. The van der Waals surface area contributed by atoms with Crippen LogP contribution in [0.25, 0.3) is 0 Å². The first-order chi connectivity index (χ1) is 8.65. The van der Waals surface area contributed by atoms with Crippen LogP contribution in [0, 0.1) is 5.92 Å². The Morgan fingerprint density at radius 2 is 2.33 bits per heavy atom. The number of nitrogens with zero attached hydrogens (tertiary/aromatic N) is 1. The highest BCUT2D eigenvalue weighted by Crippen LogP contribution is 2.20. The van der Waals surface area contributed by atoms with Crippen LogP contribution in [-0.4, -0.2) is 37.3 Å². The summed E-state index contributed by atoms with van der Waals surface area (Å²) in [7, 11) is 0. The number of nitrogens with one attached hydrogen (secondary N) is 1. The van der Waals surface area contributed by atoms with Crippen molar-refractivity contribution >= 4 is 22.3 Å². The normalized spacial score (nSPS) is 10.7. The van der Waals surface area contributed by atoms with E-state index in [4.69, 9.17) is 9.47 Å². The van der Waals surface area contributed by atoms with Gasteiger partial charge in [-0.05, 0) is 12.8 Å². The fourth-order valence-corrected chi connectivity index (χ4v) is 1.97. The molecule has 1 heterocycles. The monoisotopic (exact) mass is 272 g/mol. The highest BCUT2D eigenvalue weighted by atomic mass is 32.1. The van der Waals surface area contributed by atoms with E-state index in [2.05, 4.69) is 24.1 Å². The average molecular weight is 272 g/mol. The van der Waals surface area contributed by atoms with Gasteiger partial charge >= 0.3 is 5.97 Å². The Morgan fingerprint density at radius 1 is 1.56 bits per heavy atom. The Bertz CT molecular complexity index is 366. The highest BCUT2D eigenvalue weighted by Gasteiger charge is 2.15. The van der Waals surface area contributed by atoms with Crippen LogP contribution in [0.5, 0.6) is 0 Å². The van der Waals surface area contributed by atoms with Crippen LogP contribution in [-0.2, 0) is 9.47 Å². The van der Waals surface area contributed by atoms with E-state index < -0.39 is 0 Å². The van der Waals surface area contributed by atoms with Crippen LogP contribution < -0.4 is 5.32 Å². The third-order valence-corrected chi connectivity index (χ3v) is 2.80. The lowest BCUT2D eigenvalue weighted by Crippen LogP contribution is -2.14. The first-order valence-electron chi connectivity index (χ1n) is 6.07. The van der Waals surface area contributed by atoms with Gasteiger partial charge in [0.05, 0.1) is 18.7 Å². The summed E-state index contributed by atoms with van der Waals surface area (Å²) in [5.74, 6) is 0.146. The van der Waals surface area contributed by atoms with E-state index in [-0.39, 0.29) is 5.97 Å². The molecule has 0 amide bonds. The molecule has 0 aliphatic rings. The van der Waals surface area contributed by atoms with Gasteiger partial charge in [-0.2, -0.15) is 0 Å². The van der Waals surface area contributed by atoms with E-state index in [0.717, 1.165) is 11.6 Å². The first-order valence-corrected chi connectivity index (χ1v) is 6.95. The van der Waals surface area contributed by atoms with Gasteiger partial charge in [-0.15, -0.1) is 11.3 Å². The van der Waals surface area contributed by atoms with Crippen molar-refractivity contribution < 1.29 is 14.3 Å². The zero-order valence-electron chi connectivity index (χ0n) is 11.1. The van der Waals surface area contributed by atoms with Gasteiger partial charge in [0, 0.05) is 13.2 Å². The van der Waals surface area contributed by atoms with Crippen LogP contribution in [0.4, 0.5) is 5.00 Å². The number of rotatable bonds is 8. The molecule has 102 valence electrons. The third kappa shape index (κ3) is 5.01. The van der Waals surface area contributed by atoms with E-state index >= 15 is 0 Å². The predicted molar refractivity (Wildman–Crippen MR) is 72.2 cm³/mol. The topological polar surface area (TPSA) is 60.5 Å². The molecule has 1 aromatic heterocycles. The second kappa shape index (κ2) is 8.05. The molecule has 1 rings (SSSR count). The van der Waals surface area contributed by atoms with E-state index in [0.29, 0.717) is 31.4 Å². The van der Waals surface area contributed by atoms with Gasteiger partial charge in [-0.25, -0.2) is 9.78 Å². The van der Waals surface area contributed by atoms with Gasteiger partial charge in [0.2, 0.25) is 0 Å². The summed E-state index contributed by atoms with van der Waals surface area (Å²) in [5.41, 5.74) is 1.98. The molecule has 0 saturated carbocycles. The summed E-state index contributed by atoms with van der Waals surface area (Å²) < 4.78 is 10.4. The molecule has 0 radical (unpaired) electrons. The number of thiazole rings is 1. The smallest absolute Gasteiger partial charge is 0.360 e. The van der Waals surface area contributed by atoms with Crippen LogP contribution in [0.2, 0.25) is 0 Å². The van der Waals surface area contributed by atoms with Gasteiger partial charge in [0.25, 0.3) is 0 Å². The summed E-state index contributed by atoms with van der Waals surface area (Å²) in [6, 6.07) is 0. The molecule has 0 bridgehead atoms. The van der Waals surface area contributed by atoms with Gasteiger partial charge in [-0.3, -0.25) is 0 Å². The zero-order valence-corrected chi connectivity index (χ0v) is 11.9. The van der Waals surface area contributed by atoms with Crippen LogP contribution in [0.3, 0.4) is 0 Å². The lowest BCUT2D eigenvalue weighted by atomic mass is 10.2. The summed E-state index contributed by atoms with van der Waals surface area (Å²) in [6.07, 6.45) is 0. The third-order valence-electron chi connectivity index (χ3n) is 2.02. The number of aromatic nitrogens is 1. The molecule has 1 aromatic rings. The highest BCUT2D eigenvalue weighted by molar-refractivity contribution is 7.14. The number of anilines is 1.